The molecule has 1 saturated carbocycles. The van der Waals surface area contributed by atoms with Gasteiger partial charge in [-0.25, -0.2) is 18.1 Å². The number of aromatic nitrogens is 1. The van der Waals surface area contributed by atoms with E-state index in [4.69, 9.17) is 5.73 Å². The molecule has 1 aromatic heterocycles. The fourth-order valence-electron chi connectivity index (χ4n) is 1.66. The van der Waals surface area contributed by atoms with Crippen LogP contribution in [0.2, 0.25) is 0 Å². The summed E-state index contributed by atoms with van der Waals surface area (Å²) in [5.74, 6) is 0.122. The second-order valence-corrected chi connectivity index (χ2v) is 6.53. The lowest BCUT2D eigenvalue weighted by Gasteiger charge is -2.07. The maximum atomic E-state index is 11.9. The third-order valence-electron chi connectivity index (χ3n) is 2.88. The summed E-state index contributed by atoms with van der Waals surface area (Å²) in [7, 11) is -3.59. The van der Waals surface area contributed by atoms with Crippen molar-refractivity contribution in [3.05, 3.63) is 18.3 Å². The molecule has 1 aromatic rings. The average Bonchev–Trinajstić information content (AvgIpc) is 3.19. The molecular weight excluding hydrogens is 280 g/mol. The first kappa shape index (κ1) is 14.7. The van der Waals surface area contributed by atoms with Gasteiger partial charge in [0.05, 0.1) is 4.90 Å². The Morgan fingerprint density at radius 1 is 1.45 bits per heavy atom. The number of nitrogens with two attached hydrogens (primary N) is 1. The van der Waals surface area contributed by atoms with Crippen LogP contribution in [-0.4, -0.2) is 31.9 Å². The van der Waals surface area contributed by atoms with Crippen LogP contribution in [0.4, 0.5) is 5.82 Å². The zero-order valence-corrected chi connectivity index (χ0v) is 11.8. The zero-order chi connectivity index (χ0) is 14.6. The van der Waals surface area contributed by atoms with Crippen molar-refractivity contribution >= 4 is 21.7 Å². The van der Waals surface area contributed by atoms with Crippen LogP contribution in [0.5, 0.6) is 0 Å². The summed E-state index contributed by atoms with van der Waals surface area (Å²) in [6.45, 7) is 0.211. The van der Waals surface area contributed by atoms with Crippen LogP contribution in [-0.2, 0) is 14.8 Å². The standard InChI is InChI=1S/C12H18N4O3S/c13-11-8-10(5-7-14-11)20(18,19)15-6-1-2-12(17)16-9-3-4-9/h5,7-9,15H,1-4,6H2,(H2,13,14)(H,16,17). The highest BCUT2D eigenvalue weighted by Gasteiger charge is 2.22. The highest BCUT2D eigenvalue weighted by molar-refractivity contribution is 7.89. The normalized spacial score (nSPS) is 15.0. The van der Waals surface area contributed by atoms with E-state index in [-0.39, 0.29) is 23.2 Å². The Morgan fingerprint density at radius 3 is 2.85 bits per heavy atom. The Labute approximate surface area is 118 Å². The summed E-state index contributed by atoms with van der Waals surface area (Å²) < 4.78 is 26.3. The zero-order valence-electron chi connectivity index (χ0n) is 11.0. The number of nitrogens with zero attached hydrogens (tertiary/aromatic N) is 1. The van der Waals surface area contributed by atoms with Crippen molar-refractivity contribution < 1.29 is 13.2 Å². The molecule has 0 radical (unpaired) electrons. The molecule has 2 rings (SSSR count). The molecule has 1 aliphatic rings. The van der Waals surface area contributed by atoms with Gasteiger partial charge in [-0.3, -0.25) is 4.79 Å². The van der Waals surface area contributed by atoms with Crippen molar-refractivity contribution in [1.29, 1.82) is 0 Å². The van der Waals surface area contributed by atoms with E-state index < -0.39 is 10.0 Å². The van der Waals surface area contributed by atoms with Crippen LogP contribution in [0, 0.1) is 0 Å². The van der Waals surface area contributed by atoms with E-state index in [2.05, 4.69) is 15.0 Å². The smallest absolute Gasteiger partial charge is 0.240 e. The molecule has 1 fully saturated rings. The van der Waals surface area contributed by atoms with Crippen LogP contribution >= 0.6 is 0 Å². The molecule has 8 heteroatoms. The van der Waals surface area contributed by atoms with E-state index >= 15 is 0 Å². The highest BCUT2D eigenvalue weighted by Crippen LogP contribution is 2.18. The van der Waals surface area contributed by atoms with Gasteiger partial charge in [0.25, 0.3) is 0 Å². The first-order chi connectivity index (χ1) is 9.47. The number of hydrogen-bond donors (Lipinski definition) is 3. The van der Waals surface area contributed by atoms with Gasteiger partial charge >= 0.3 is 0 Å². The molecule has 1 heterocycles. The summed E-state index contributed by atoms with van der Waals surface area (Å²) in [6.07, 6.45) is 4.20. The first-order valence-electron chi connectivity index (χ1n) is 6.48. The summed E-state index contributed by atoms with van der Waals surface area (Å²) in [5, 5.41) is 2.85. The molecule has 20 heavy (non-hydrogen) atoms. The Morgan fingerprint density at radius 2 is 2.20 bits per heavy atom. The van der Waals surface area contributed by atoms with Crippen LogP contribution in [0.3, 0.4) is 0 Å². The van der Waals surface area contributed by atoms with E-state index in [1.165, 1.54) is 18.3 Å². The van der Waals surface area contributed by atoms with Gasteiger partial charge < -0.3 is 11.1 Å². The van der Waals surface area contributed by atoms with Gasteiger partial charge in [-0.2, -0.15) is 0 Å². The van der Waals surface area contributed by atoms with Gasteiger partial charge in [-0.1, -0.05) is 0 Å². The quantitative estimate of drug-likeness (QED) is 0.613. The molecule has 1 aliphatic carbocycles. The van der Waals surface area contributed by atoms with E-state index in [1.807, 2.05) is 0 Å². The van der Waals surface area contributed by atoms with Crippen molar-refractivity contribution in [2.45, 2.75) is 36.6 Å². The number of carbonyl (C=O) groups excluding carboxylic acids is 1. The number of rotatable bonds is 7. The largest absolute Gasteiger partial charge is 0.384 e. The van der Waals surface area contributed by atoms with Gasteiger partial charge in [0, 0.05) is 31.3 Å². The molecule has 4 N–H and O–H groups in total. The van der Waals surface area contributed by atoms with Gasteiger partial charge in [-0.05, 0) is 25.3 Å². The maximum absolute atomic E-state index is 11.9. The number of nitrogen functional groups attached to an aromatic ring is 1. The number of pyridine rings is 1. The summed E-state index contributed by atoms with van der Waals surface area (Å²) in [4.78, 5) is 15.2. The second kappa shape index (κ2) is 6.19. The van der Waals surface area contributed by atoms with Crippen LogP contribution in [0.15, 0.2) is 23.2 Å². The topological polar surface area (TPSA) is 114 Å². The van der Waals surface area contributed by atoms with E-state index in [0.29, 0.717) is 18.9 Å². The number of nitrogens with one attached hydrogen (secondary N) is 2. The number of hydrogen-bond acceptors (Lipinski definition) is 5. The van der Waals surface area contributed by atoms with E-state index in [9.17, 15) is 13.2 Å². The summed E-state index contributed by atoms with van der Waals surface area (Å²) in [6, 6.07) is 3.00. The van der Waals surface area contributed by atoms with Crippen molar-refractivity contribution in [3.8, 4) is 0 Å². The molecule has 0 aromatic carbocycles. The third kappa shape index (κ3) is 4.46. The monoisotopic (exact) mass is 298 g/mol. The van der Waals surface area contributed by atoms with Crippen molar-refractivity contribution in [2.24, 2.45) is 0 Å². The van der Waals surface area contributed by atoms with Crippen molar-refractivity contribution in [3.63, 3.8) is 0 Å². The summed E-state index contributed by atoms with van der Waals surface area (Å²) in [5.41, 5.74) is 5.45. The lowest BCUT2D eigenvalue weighted by atomic mass is 10.3. The molecule has 0 saturated heterocycles. The third-order valence-corrected chi connectivity index (χ3v) is 4.34. The molecule has 1 amide bonds. The van der Waals surface area contributed by atoms with Crippen LogP contribution < -0.4 is 15.8 Å². The van der Waals surface area contributed by atoms with Gasteiger partial charge in [0.2, 0.25) is 15.9 Å². The van der Waals surface area contributed by atoms with Crippen LogP contribution in [0.1, 0.15) is 25.7 Å². The fraction of sp³-hybridized carbons (Fsp3) is 0.500. The molecule has 0 aliphatic heterocycles. The van der Waals surface area contributed by atoms with Gasteiger partial charge in [0.15, 0.2) is 0 Å². The predicted molar refractivity (Wildman–Crippen MR) is 74.2 cm³/mol. The maximum Gasteiger partial charge on any atom is 0.240 e. The first-order valence-corrected chi connectivity index (χ1v) is 7.96. The molecule has 0 spiro atoms. The Balaban J connectivity index is 1.76. The molecule has 0 atom stereocenters. The lowest BCUT2D eigenvalue weighted by Crippen LogP contribution is -2.28. The van der Waals surface area contributed by atoms with Crippen molar-refractivity contribution in [2.75, 3.05) is 12.3 Å². The SMILES string of the molecule is Nc1cc(S(=O)(=O)NCCCC(=O)NC2CC2)ccn1. The Bertz CT molecular complexity index is 584. The van der Waals surface area contributed by atoms with Crippen molar-refractivity contribution in [1.82, 2.24) is 15.0 Å². The molecule has 0 unspecified atom stereocenters. The lowest BCUT2D eigenvalue weighted by molar-refractivity contribution is -0.121. The molecule has 110 valence electrons. The highest BCUT2D eigenvalue weighted by atomic mass is 32.2. The Kier molecular flexibility index (Phi) is 4.56. The van der Waals surface area contributed by atoms with Gasteiger partial charge in [0.1, 0.15) is 5.82 Å². The van der Waals surface area contributed by atoms with E-state index in [0.717, 1.165) is 12.8 Å². The number of carbonyl (C=O) groups is 1. The minimum absolute atomic E-state index is 0.0279. The minimum atomic E-state index is -3.59. The number of anilines is 1. The molecule has 7 nitrogen and oxygen atoms in total. The number of amides is 1. The Hall–Kier alpha value is -1.67. The second-order valence-electron chi connectivity index (χ2n) is 4.76. The molecular formula is C12H18N4O3S. The van der Waals surface area contributed by atoms with E-state index in [1.54, 1.807) is 0 Å². The average molecular weight is 298 g/mol. The van der Waals surface area contributed by atoms with Crippen LogP contribution in [0.25, 0.3) is 0 Å². The minimum Gasteiger partial charge on any atom is -0.384 e. The predicted octanol–water partition coefficient (Wildman–Crippen LogP) is 0.000900. The molecule has 0 bridgehead atoms. The summed E-state index contributed by atoms with van der Waals surface area (Å²) >= 11 is 0. The fourth-order valence-corrected chi connectivity index (χ4v) is 2.76. The van der Waals surface area contributed by atoms with Gasteiger partial charge in [-0.15, -0.1) is 0 Å². The number of sulfonamides is 1.